The number of nitrogens with zero attached hydrogens (tertiary/aromatic N) is 3. The van der Waals surface area contributed by atoms with Gasteiger partial charge in [0.25, 0.3) is 0 Å². The highest BCUT2D eigenvalue weighted by Gasteiger charge is 2.18. The van der Waals surface area contributed by atoms with E-state index in [0.29, 0.717) is 0 Å². The second-order valence-corrected chi connectivity index (χ2v) is 7.11. The van der Waals surface area contributed by atoms with Crippen LogP contribution >= 0.6 is 0 Å². The number of hydrogen-bond donors (Lipinski definition) is 0. The largest absolute Gasteiger partial charge is 0.324 e. The predicted octanol–water partition coefficient (Wildman–Crippen LogP) is 5.06. The monoisotopic (exact) mass is 303 g/mol. The lowest BCUT2D eigenvalue weighted by Crippen LogP contribution is -2.10. The molecule has 0 amide bonds. The van der Waals surface area contributed by atoms with Crippen molar-refractivity contribution in [1.82, 2.24) is 14.5 Å². The molecule has 0 atom stereocenters. The highest BCUT2D eigenvalue weighted by molar-refractivity contribution is 6.06. The highest BCUT2D eigenvalue weighted by Crippen LogP contribution is 2.32. The van der Waals surface area contributed by atoms with Gasteiger partial charge in [0.05, 0.1) is 16.6 Å². The number of aryl methyl sites for hydroxylation is 1. The van der Waals surface area contributed by atoms with Gasteiger partial charge in [0, 0.05) is 11.9 Å². The Bertz CT molecular complexity index is 1040. The maximum Gasteiger partial charge on any atom is 0.160 e. The van der Waals surface area contributed by atoms with Crippen LogP contribution in [0.5, 0.6) is 0 Å². The molecule has 0 N–H and O–H groups in total. The van der Waals surface area contributed by atoms with E-state index in [9.17, 15) is 0 Å². The van der Waals surface area contributed by atoms with Crippen LogP contribution in [0.25, 0.3) is 33.1 Å². The van der Waals surface area contributed by atoms with Crippen LogP contribution in [0.1, 0.15) is 33.3 Å². The van der Waals surface area contributed by atoms with Crippen LogP contribution in [0.2, 0.25) is 0 Å². The van der Waals surface area contributed by atoms with E-state index >= 15 is 0 Å². The third-order valence-corrected chi connectivity index (χ3v) is 4.53. The van der Waals surface area contributed by atoms with Gasteiger partial charge in [-0.3, -0.25) is 0 Å². The van der Waals surface area contributed by atoms with Crippen LogP contribution in [0.4, 0.5) is 0 Å². The van der Waals surface area contributed by atoms with E-state index in [-0.39, 0.29) is 5.41 Å². The number of fused-ring (bicyclic) bond motifs is 4. The van der Waals surface area contributed by atoms with Crippen molar-refractivity contribution in [3.8, 4) is 0 Å². The van der Waals surface area contributed by atoms with Crippen molar-refractivity contribution in [2.75, 3.05) is 0 Å². The molecule has 0 saturated heterocycles. The molecule has 2 aromatic carbocycles. The molecule has 4 rings (SSSR count). The molecule has 4 aromatic rings. The quantitative estimate of drug-likeness (QED) is 0.492. The Morgan fingerprint density at radius 2 is 1.65 bits per heavy atom. The van der Waals surface area contributed by atoms with Crippen LogP contribution in [-0.2, 0) is 12.0 Å². The van der Waals surface area contributed by atoms with E-state index in [4.69, 9.17) is 9.97 Å². The number of rotatable bonds is 1. The molecule has 116 valence electrons. The Kier molecular flexibility index (Phi) is 2.95. The van der Waals surface area contributed by atoms with Crippen LogP contribution in [0, 0.1) is 0 Å². The molecule has 0 radical (unpaired) electrons. The normalized spacial score (nSPS) is 12.5. The zero-order valence-corrected chi connectivity index (χ0v) is 14.1. The summed E-state index contributed by atoms with van der Waals surface area (Å²) >= 11 is 0. The Hall–Kier alpha value is -2.42. The molecule has 2 aromatic heterocycles. The van der Waals surface area contributed by atoms with Gasteiger partial charge < -0.3 is 4.57 Å². The fourth-order valence-electron chi connectivity index (χ4n) is 3.22. The first kappa shape index (κ1) is 14.2. The van der Waals surface area contributed by atoms with Crippen molar-refractivity contribution in [3.63, 3.8) is 0 Å². The number of benzene rings is 2. The third kappa shape index (κ3) is 2.11. The molecule has 0 saturated carbocycles. The molecular formula is C20H21N3. The fraction of sp³-hybridized carbons (Fsp3) is 0.300. The van der Waals surface area contributed by atoms with Crippen molar-refractivity contribution in [3.05, 3.63) is 48.0 Å². The van der Waals surface area contributed by atoms with E-state index in [2.05, 4.69) is 50.5 Å². The molecule has 0 spiro atoms. The summed E-state index contributed by atoms with van der Waals surface area (Å²) in [5.74, 6) is 0. The second kappa shape index (κ2) is 4.79. The number of para-hydroxylation sites is 2. The average molecular weight is 303 g/mol. The summed E-state index contributed by atoms with van der Waals surface area (Å²) in [4.78, 5) is 9.79. The highest BCUT2D eigenvalue weighted by atomic mass is 15.1. The average Bonchev–Trinajstić information content (AvgIpc) is 2.84. The standard InChI is InChI=1S/C20H21N3/c1-5-23-17-11-10-13(20(2,3)4)12-14(17)18-19(23)22-16-9-7-6-8-15(16)21-18/h6-12H,5H2,1-4H3. The van der Waals surface area contributed by atoms with Crippen molar-refractivity contribution < 1.29 is 0 Å². The molecule has 0 bridgehead atoms. The first-order valence-corrected chi connectivity index (χ1v) is 8.18. The molecule has 2 heterocycles. The van der Waals surface area contributed by atoms with E-state index in [1.54, 1.807) is 0 Å². The first-order valence-electron chi connectivity index (χ1n) is 8.18. The molecule has 0 aliphatic heterocycles. The van der Waals surface area contributed by atoms with Gasteiger partial charge in [-0.15, -0.1) is 0 Å². The maximum atomic E-state index is 4.91. The Morgan fingerprint density at radius 3 is 2.30 bits per heavy atom. The van der Waals surface area contributed by atoms with Gasteiger partial charge in [0.2, 0.25) is 0 Å². The zero-order valence-electron chi connectivity index (χ0n) is 14.1. The summed E-state index contributed by atoms with van der Waals surface area (Å²) in [7, 11) is 0. The van der Waals surface area contributed by atoms with Crippen LogP contribution < -0.4 is 0 Å². The summed E-state index contributed by atoms with van der Waals surface area (Å²) in [6.07, 6.45) is 0. The van der Waals surface area contributed by atoms with Crippen LogP contribution in [0.15, 0.2) is 42.5 Å². The van der Waals surface area contributed by atoms with Gasteiger partial charge in [-0.25, -0.2) is 9.97 Å². The molecule has 3 heteroatoms. The smallest absolute Gasteiger partial charge is 0.160 e. The van der Waals surface area contributed by atoms with E-state index in [0.717, 1.165) is 28.7 Å². The SMILES string of the molecule is CCn1c2ccc(C(C)(C)C)cc2c2nc3ccccc3nc21. The van der Waals surface area contributed by atoms with Gasteiger partial charge in [-0.1, -0.05) is 39.0 Å². The second-order valence-electron chi connectivity index (χ2n) is 7.11. The van der Waals surface area contributed by atoms with Gasteiger partial charge >= 0.3 is 0 Å². The maximum absolute atomic E-state index is 4.91. The molecule has 0 fully saturated rings. The van der Waals surface area contributed by atoms with Crippen molar-refractivity contribution >= 4 is 33.1 Å². The van der Waals surface area contributed by atoms with Crippen molar-refractivity contribution in [2.45, 2.75) is 39.7 Å². The van der Waals surface area contributed by atoms with Crippen LogP contribution in [0.3, 0.4) is 0 Å². The van der Waals surface area contributed by atoms with Gasteiger partial charge in [0.1, 0.15) is 5.52 Å². The molecule has 3 nitrogen and oxygen atoms in total. The molecule has 0 aliphatic carbocycles. The van der Waals surface area contributed by atoms with Gasteiger partial charge in [0.15, 0.2) is 5.65 Å². The topological polar surface area (TPSA) is 30.7 Å². The molecule has 0 aliphatic rings. The molecule has 0 unspecified atom stereocenters. The minimum absolute atomic E-state index is 0.124. The minimum Gasteiger partial charge on any atom is -0.324 e. The van der Waals surface area contributed by atoms with Crippen molar-refractivity contribution in [1.29, 1.82) is 0 Å². The van der Waals surface area contributed by atoms with Gasteiger partial charge in [-0.05, 0) is 42.2 Å². The summed E-state index contributed by atoms with van der Waals surface area (Å²) < 4.78 is 2.26. The summed E-state index contributed by atoms with van der Waals surface area (Å²) in [5, 5.41) is 1.20. The van der Waals surface area contributed by atoms with E-state index < -0.39 is 0 Å². The molecular weight excluding hydrogens is 282 g/mol. The zero-order chi connectivity index (χ0) is 16.2. The summed E-state index contributed by atoms with van der Waals surface area (Å²) in [6, 6.07) is 14.8. The first-order chi connectivity index (χ1) is 11.0. The summed E-state index contributed by atoms with van der Waals surface area (Å²) in [5.41, 5.74) is 6.56. The number of hydrogen-bond acceptors (Lipinski definition) is 2. The Morgan fingerprint density at radius 1 is 0.957 bits per heavy atom. The van der Waals surface area contributed by atoms with Gasteiger partial charge in [-0.2, -0.15) is 0 Å². The Labute approximate surface area is 136 Å². The van der Waals surface area contributed by atoms with Crippen molar-refractivity contribution in [2.24, 2.45) is 0 Å². The fourth-order valence-corrected chi connectivity index (χ4v) is 3.22. The number of aromatic nitrogens is 3. The van der Waals surface area contributed by atoms with E-state index in [1.165, 1.54) is 16.5 Å². The lowest BCUT2D eigenvalue weighted by molar-refractivity contribution is 0.591. The molecule has 23 heavy (non-hydrogen) atoms. The third-order valence-electron chi connectivity index (χ3n) is 4.53. The van der Waals surface area contributed by atoms with E-state index in [1.807, 2.05) is 24.3 Å². The Balaban J connectivity index is 2.17. The summed E-state index contributed by atoms with van der Waals surface area (Å²) in [6.45, 7) is 9.78. The van der Waals surface area contributed by atoms with Crippen LogP contribution in [-0.4, -0.2) is 14.5 Å². The minimum atomic E-state index is 0.124. The lowest BCUT2D eigenvalue weighted by atomic mass is 9.86. The lowest BCUT2D eigenvalue weighted by Gasteiger charge is -2.19. The predicted molar refractivity (Wildman–Crippen MR) is 96.9 cm³/mol.